The number of aryl methyl sites for hydroxylation is 1. The predicted molar refractivity (Wildman–Crippen MR) is 102 cm³/mol. The van der Waals surface area contributed by atoms with Crippen LogP contribution in [0.2, 0.25) is 0 Å². The Morgan fingerprint density at radius 3 is 2.67 bits per heavy atom. The summed E-state index contributed by atoms with van der Waals surface area (Å²) in [6.45, 7) is 3.52. The van der Waals surface area contributed by atoms with Crippen molar-refractivity contribution >= 4 is 27.8 Å². The maximum Gasteiger partial charge on any atom is 0.281 e. The van der Waals surface area contributed by atoms with Gasteiger partial charge in [0.1, 0.15) is 0 Å². The maximum atomic E-state index is 13.0. The molecule has 3 heterocycles. The quantitative estimate of drug-likeness (QED) is 0.516. The Balaban J connectivity index is 1.82. The van der Waals surface area contributed by atoms with E-state index in [4.69, 9.17) is 4.42 Å². The molecule has 4 aromatic rings. The van der Waals surface area contributed by atoms with Crippen LogP contribution in [0.25, 0.3) is 33.3 Å². The van der Waals surface area contributed by atoms with Crippen LogP contribution < -0.4 is 5.56 Å². The minimum absolute atomic E-state index is 0.0143. The van der Waals surface area contributed by atoms with E-state index in [1.807, 2.05) is 29.7 Å². The molecule has 0 amide bonds. The van der Waals surface area contributed by atoms with E-state index < -0.39 is 0 Å². The van der Waals surface area contributed by atoms with Crippen LogP contribution in [-0.4, -0.2) is 20.3 Å². The lowest BCUT2D eigenvalue weighted by Gasteiger charge is -2.15. The normalized spacial score (nSPS) is 14.1. The average molecular weight is 359 g/mol. The molecule has 1 saturated carbocycles. The van der Waals surface area contributed by atoms with E-state index in [0.717, 1.165) is 40.6 Å². The van der Waals surface area contributed by atoms with Gasteiger partial charge in [0.15, 0.2) is 23.3 Å². The van der Waals surface area contributed by atoms with Gasteiger partial charge in [-0.1, -0.05) is 6.07 Å². The summed E-state index contributed by atoms with van der Waals surface area (Å²) in [5.74, 6) is -0.0143. The Morgan fingerprint density at radius 1 is 1.19 bits per heavy atom. The minimum atomic E-state index is -0.103. The van der Waals surface area contributed by atoms with Crippen molar-refractivity contribution in [3.05, 3.63) is 58.3 Å². The molecule has 0 unspecified atom stereocenters. The van der Waals surface area contributed by atoms with Crippen molar-refractivity contribution < 1.29 is 9.21 Å². The van der Waals surface area contributed by atoms with Crippen LogP contribution in [-0.2, 0) is 0 Å². The van der Waals surface area contributed by atoms with E-state index in [0.29, 0.717) is 16.7 Å². The number of pyridine rings is 2. The number of ketones is 1. The number of benzene rings is 1. The monoisotopic (exact) mass is 359 g/mol. The van der Waals surface area contributed by atoms with E-state index >= 15 is 0 Å². The number of aromatic nitrogens is 3. The molecule has 0 saturated heterocycles. The molecule has 0 spiro atoms. The molecule has 5 rings (SSSR count). The first kappa shape index (κ1) is 15.9. The molecule has 1 aromatic carbocycles. The van der Waals surface area contributed by atoms with Crippen LogP contribution in [0.3, 0.4) is 0 Å². The van der Waals surface area contributed by atoms with Crippen molar-refractivity contribution in [2.75, 3.05) is 0 Å². The molecule has 1 fully saturated rings. The Kier molecular flexibility index (Phi) is 3.31. The Morgan fingerprint density at radius 2 is 2.00 bits per heavy atom. The highest BCUT2D eigenvalue weighted by Gasteiger charge is 2.29. The second kappa shape index (κ2) is 5.61. The first-order valence-electron chi connectivity index (χ1n) is 8.94. The first-order valence-corrected chi connectivity index (χ1v) is 8.94. The molecule has 6 nitrogen and oxygen atoms in total. The summed E-state index contributed by atoms with van der Waals surface area (Å²) in [6, 6.07) is 7.78. The zero-order valence-corrected chi connectivity index (χ0v) is 15.0. The molecular formula is C21H17N3O3. The summed E-state index contributed by atoms with van der Waals surface area (Å²) >= 11 is 0. The van der Waals surface area contributed by atoms with Crippen LogP contribution in [0.15, 0.2) is 46.1 Å². The van der Waals surface area contributed by atoms with Crippen LogP contribution in [0.4, 0.5) is 0 Å². The van der Waals surface area contributed by atoms with E-state index in [1.54, 1.807) is 12.3 Å². The van der Waals surface area contributed by atoms with Crippen molar-refractivity contribution in [2.45, 2.75) is 32.7 Å². The van der Waals surface area contributed by atoms with E-state index in [2.05, 4.69) is 9.97 Å². The lowest BCUT2D eigenvalue weighted by atomic mass is 9.99. The summed E-state index contributed by atoms with van der Waals surface area (Å²) in [7, 11) is 0. The Labute approximate surface area is 154 Å². The van der Waals surface area contributed by atoms with Gasteiger partial charge in [-0.15, -0.1) is 0 Å². The molecule has 6 heteroatoms. The molecular weight excluding hydrogens is 342 g/mol. The molecule has 0 radical (unpaired) electrons. The third-order valence-corrected chi connectivity index (χ3v) is 5.26. The lowest BCUT2D eigenvalue weighted by molar-refractivity contribution is 0.101. The first-order chi connectivity index (χ1) is 13.1. The Hall–Kier alpha value is -3.28. The molecule has 27 heavy (non-hydrogen) atoms. The number of hydrogen-bond donors (Lipinski definition) is 0. The lowest BCUT2D eigenvalue weighted by Crippen LogP contribution is -2.20. The fourth-order valence-electron chi connectivity index (χ4n) is 3.72. The second-order valence-electron chi connectivity index (χ2n) is 7.06. The number of oxazole rings is 1. The minimum Gasteiger partial charge on any atom is -0.443 e. The summed E-state index contributed by atoms with van der Waals surface area (Å²) in [4.78, 5) is 33.1. The molecule has 0 N–H and O–H groups in total. The van der Waals surface area contributed by atoms with Crippen molar-refractivity contribution in [3.8, 4) is 11.3 Å². The molecule has 0 atom stereocenters. The highest BCUT2D eigenvalue weighted by molar-refractivity contribution is 6.04. The van der Waals surface area contributed by atoms with Gasteiger partial charge in [0.05, 0.1) is 11.2 Å². The third kappa shape index (κ3) is 2.33. The zero-order chi connectivity index (χ0) is 18.7. The zero-order valence-electron chi connectivity index (χ0n) is 15.0. The van der Waals surface area contributed by atoms with Gasteiger partial charge in [-0.25, -0.2) is 4.98 Å². The van der Waals surface area contributed by atoms with Gasteiger partial charge in [0.25, 0.3) is 5.56 Å². The molecule has 3 aromatic heterocycles. The maximum absolute atomic E-state index is 13.0. The standard InChI is InChI=1S/C21H17N3O3/c1-11-15(17-8-3-13(9-22-17)12(2)25)6-7-16-19(11)24(14-4-5-14)21(26)18-20(16)27-10-23-18/h3,6-10,14H,4-5H2,1-2H3. The van der Waals surface area contributed by atoms with Gasteiger partial charge in [0.2, 0.25) is 0 Å². The number of hydrogen-bond acceptors (Lipinski definition) is 5. The van der Waals surface area contributed by atoms with E-state index in [-0.39, 0.29) is 17.4 Å². The van der Waals surface area contributed by atoms with Gasteiger partial charge in [-0.05, 0) is 50.5 Å². The van der Waals surface area contributed by atoms with Crippen molar-refractivity contribution in [3.63, 3.8) is 0 Å². The number of carbonyl (C=O) groups excluding carboxylic acids is 1. The summed E-state index contributed by atoms with van der Waals surface area (Å²) in [6.07, 6.45) is 4.91. The van der Waals surface area contributed by atoms with Crippen LogP contribution in [0.5, 0.6) is 0 Å². The highest BCUT2D eigenvalue weighted by atomic mass is 16.3. The fourth-order valence-corrected chi connectivity index (χ4v) is 3.72. The second-order valence-corrected chi connectivity index (χ2v) is 7.06. The van der Waals surface area contributed by atoms with E-state index in [1.165, 1.54) is 13.3 Å². The molecule has 1 aliphatic rings. The van der Waals surface area contributed by atoms with Gasteiger partial charge in [-0.2, -0.15) is 0 Å². The summed E-state index contributed by atoms with van der Waals surface area (Å²) in [5.41, 5.74) is 4.94. The third-order valence-electron chi connectivity index (χ3n) is 5.26. The SMILES string of the molecule is CC(=O)c1ccc(-c2ccc3c4ocnc4c(=O)n(C4CC4)c3c2C)nc1. The van der Waals surface area contributed by atoms with Crippen molar-refractivity contribution in [2.24, 2.45) is 0 Å². The number of rotatable bonds is 3. The van der Waals surface area contributed by atoms with E-state index in [9.17, 15) is 9.59 Å². The van der Waals surface area contributed by atoms with Crippen molar-refractivity contribution in [1.29, 1.82) is 0 Å². The molecule has 134 valence electrons. The molecule has 0 aliphatic heterocycles. The molecule has 1 aliphatic carbocycles. The van der Waals surface area contributed by atoms with Gasteiger partial charge >= 0.3 is 0 Å². The number of fused-ring (bicyclic) bond motifs is 3. The largest absolute Gasteiger partial charge is 0.443 e. The number of carbonyl (C=O) groups is 1. The van der Waals surface area contributed by atoms with Gasteiger partial charge in [-0.3, -0.25) is 14.6 Å². The van der Waals surface area contributed by atoms with Crippen LogP contribution in [0, 0.1) is 6.92 Å². The number of nitrogens with zero attached hydrogens (tertiary/aromatic N) is 3. The van der Waals surface area contributed by atoms with Crippen LogP contribution >= 0.6 is 0 Å². The summed E-state index contributed by atoms with van der Waals surface area (Å²) in [5, 5.41) is 0.885. The van der Waals surface area contributed by atoms with Crippen LogP contribution in [0.1, 0.15) is 41.7 Å². The predicted octanol–water partition coefficient (Wildman–Crippen LogP) is 4.05. The highest BCUT2D eigenvalue weighted by Crippen LogP contribution is 2.39. The Bertz CT molecular complexity index is 1280. The number of Topliss-reactive ketones (excluding diaryl/α,β-unsaturated/α-hetero) is 1. The fraction of sp³-hybridized carbons (Fsp3) is 0.238. The van der Waals surface area contributed by atoms with Gasteiger partial charge in [0, 0.05) is 28.8 Å². The average Bonchev–Trinajstić information content (AvgIpc) is 3.37. The van der Waals surface area contributed by atoms with Crippen molar-refractivity contribution in [1.82, 2.24) is 14.5 Å². The van der Waals surface area contributed by atoms with Gasteiger partial charge < -0.3 is 8.98 Å². The summed E-state index contributed by atoms with van der Waals surface area (Å²) < 4.78 is 7.40. The topological polar surface area (TPSA) is 78.0 Å². The smallest absolute Gasteiger partial charge is 0.281 e. The molecule has 0 bridgehead atoms.